The van der Waals surface area contributed by atoms with E-state index < -0.39 is 6.04 Å². The number of halogens is 1. The average Bonchev–Trinajstić information content (AvgIpc) is 3.10. The highest BCUT2D eigenvalue weighted by molar-refractivity contribution is 5.94. The molecule has 0 radical (unpaired) electrons. The van der Waals surface area contributed by atoms with Crippen LogP contribution in [-0.2, 0) is 11.2 Å². The number of ether oxygens (including phenoxy) is 1. The second-order valence-corrected chi connectivity index (χ2v) is 6.03. The van der Waals surface area contributed by atoms with Crippen molar-refractivity contribution in [2.24, 2.45) is 0 Å². The van der Waals surface area contributed by atoms with Crippen molar-refractivity contribution in [1.82, 2.24) is 20.2 Å². The van der Waals surface area contributed by atoms with Gasteiger partial charge in [0.15, 0.2) is 0 Å². The molecule has 1 aromatic heterocycles. The fourth-order valence-electron chi connectivity index (χ4n) is 2.72. The Kier molecular flexibility index (Phi) is 5.97. The highest BCUT2D eigenvalue weighted by Gasteiger charge is 2.24. The normalized spacial score (nSPS) is 11.5. The summed E-state index contributed by atoms with van der Waals surface area (Å²) in [6.45, 7) is 1.82. The van der Waals surface area contributed by atoms with E-state index in [2.05, 4.69) is 26.8 Å². The van der Waals surface area contributed by atoms with Gasteiger partial charge in [-0.2, -0.15) is 0 Å². The summed E-state index contributed by atoms with van der Waals surface area (Å²) >= 11 is 0. The Morgan fingerprint density at radius 1 is 1.32 bits per heavy atom. The van der Waals surface area contributed by atoms with Gasteiger partial charge in [0, 0.05) is 18.2 Å². The molecule has 3 rings (SSSR count). The molecule has 1 unspecified atom stereocenters. The Labute approximate surface area is 161 Å². The number of nitrogens with one attached hydrogen (secondary N) is 1. The second-order valence-electron chi connectivity index (χ2n) is 6.03. The lowest BCUT2D eigenvalue weighted by molar-refractivity contribution is -0.119. The molecule has 0 aliphatic rings. The molecule has 28 heavy (non-hydrogen) atoms. The van der Waals surface area contributed by atoms with Crippen molar-refractivity contribution in [2.45, 2.75) is 19.4 Å². The Bertz CT molecular complexity index is 1010. The van der Waals surface area contributed by atoms with Gasteiger partial charge in [-0.25, -0.2) is 9.07 Å². The second kappa shape index (κ2) is 8.77. The number of amides is 1. The first-order chi connectivity index (χ1) is 13.6. The van der Waals surface area contributed by atoms with Crippen molar-refractivity contribution in [1.29, 1.82) is 0 Å². The number of hydrogen-bond donors (Lipinski definition) is 1. The van der Waals surface area contributed by atoms with Crippen molar-refractivity contribution < 1.29 is 13.9 Å². The minimum Gasteiger partial charge on any atom is -0.481 e. The number of tetrazole rings is 1. The van der Waals surface area contributed by atoms with E-state index in [-0.39, 0.29) is 24.8 Å². The fourth-order valence-corrected chi connectivity index (χ4v) is 2.72. The molecule has 0 fully saturated rings. The predicted octanol–water partition coefficient (Wildman–Crippen LogP) is 2.56. The number of nitrogens with zero attached hydrogens (tertiary/aromatic N) is 4. The number of aromatic nitrogens is 4. The van der Waals surface area contributed by atoms with Crippen LogP contribution in [0.3, 0.4) is 0 Å². The van der Waals surface area contributed by atoms with Crippen LogP contribution in [0.5, 0.6) is 5.75 Å². The molecular weight excluding hydrogens is 361 g/mol. The van der Waals surface area contributed by atoms with Crippen LogP contribution in [0.15, 0.2) is 48.5 Å². The van der Waals surface area contributed by atoms with Gasteiger partial charge in [0.1, 0.15) is 30.0 Å². The van der Waals surface area contributed by atoms with Gasteiger partial charge in [-0.3, -0.25) is 4.79 Å². The molecule has 142 valence electrons. The van der Waals surface area contributed by atoms with Crippen LogP contribution in [0.2, 0.25) is 0 Å². The Morgan fingerprint density at radius 2 is 2.14 bits per heavy atom. The smallest absolute Gasteiger partial charge is 0.249 e. The van der Waals surface area contributed by atoms with Crippen LogP contribution in [0.25, 0.3) is 0 Å². The summed E-state index contributed by atoms with van der Waals surface area (Å²) < 4.78 is 20.3. The fraction of sp³-hybridized carbons (Fsp3) is 0.200. The summed E-state index contributed by atoms with van der Waals surface area (Å²) in [5, 5.41) is 14.2. The zero-order valence-electron chi connectivity index (χ0n) is 15.2. The van der Waals surface area contributed by atoms with E-state index >= 15 is 0 Å². The summed E-state index contributed by atoms with van der Waals surface area (Å²) in [5.74, 6) is 2.69. The van der Waals surface area contributed by atoms with Crippen LogP contribution < -0.4 is 10.1 Å². The molecular formula is C20H18FN5O2. The minimum absolute atomic E-state index is 0.128. The molecule has 7 nitrogen and oxygen atoms in total. The van der Waals surface area contributed by atoms with E-state index in [4.69, 9.17) is 11.2 Å². The van der Waals surface area contributed by atoms with Gasteiger partial charge in [0.25, 0.3) is 0 Å². The SMILES string of the molecule is C#CCOc1cccc(NC(=O)C(Cc2cccc(F)c2)n2nnnc2C)c1. The van der Waals surface area contributed by atoms with Gasteiger partial charge in [-0.05, 0) is 47.2 Å². The highest BCUT2D eigenvalue weighted by atomic mass is 19.1. The zero-order valence-corrected chi connectivity index (χ0v) is 15.2. The molecule has 0 spiro atoms. The van der Waals surface area contributed by atoms with Crippen molar-refractivity contribution >= 4 is 11.6 Å². The molecule has 0 saturated heterocycles. The van der Waals surface area contributed by atoms with Crippen LogP contribution in [0.4, 0.5) is 10.1 Å². The van der Waals surface area contributed by atoms with Crippen LogP contribution in [0, 0.1) is 25.1 Å². The first-order valence-electron chi connectivity index (χ1n) is 8.53. The number of rotatable bonds is 7. The lowest BCUT2D eigenvalue weighted by Crippen LogP contribution is -2.29. The number of hydrogen-bond acceptors (Lipinski definition) is 5. The van der Waals surface area contributed by atoms with E-state index in [0.717, 1.165) is 0 Å². The zero-order chi connectivity index (χ0) is 19.9. The minimum atomic E-state index is -0.757. The largest absolute Gasteiger partial charge is 0.481 e. The summed E-state index contributed by atoms with van der Waals surface area (Å²) in [6.07, 6.45) is 5.42. The summed E-state index contributed by atoms with van der Waals surface area (Å²) in [4.78, 5) is 13.0. The lowest BCUT2D eigenvalue weighted by atomic mass is 10.0. The number of terminal acetylenes is 1. The molecule has 1 N–H and O–H groups in total. The number of benzene rings is 2. The maximum atomic E-state index is 13.6. The van der Waals surface area contributed by atoms with Crippen molar-refractivity contribution in [3.8, 4) is 18.1 Å². The summed E-state index contributed by atoms with van der Waals surface area (Å²) in [6, 6.07) is 12.2. The topological polar surface area (TPSA) is 81.9 Å². The molecule has 0 aliphatic heterocycles. The monoisotopic (exact) mass is 379 g/mol. The highest BCUT2D eigenvalue weighted by Crippen LogP contribution is 2.21. The molecule has 0 aliphatic carbocycles. The van der Waals surface area contributed by atoms with Gasteiger partial charge in [-0.1, -0.05) is 24.1 Å². The first-order valence-corrected chi connectivity index (χ1v) is 8.53. The van der Waals surface area contributed by atoms with Gasteiger partial charge >= 0.3 is 0 Å². The summed E-state index contributed by atoms with van der Waals surface area (Å²) in [7, 11) is 0. The molecule has 0 saturated carbocycles. The molecule has 1 amide bonds. The maximum Gasteiger partial charge on any atom is 0.249 e. The van der Waals surface area contributed by atoms with Crippen LogP contribution in [0.1, 0.15) is 17.4 Å². The third-order valence-electron chi connectivity index (χ3n) is 4.00. The molecule has 1 heterocycles. The quantitative estimate of drug-likeness (QED) is 0.638. The molecule has 8 heteroatoms. The molecule has 2 aromatic carbocycles. The van der Waals surface area contributed by atoms with Gasteiger partial charge in [0.2, 0.25) is 5.91 Å². The van der Waals surface area contributed by atoms with E-state index in [1.165, 1.54) is 16.8 Å². The van der Waals surface area contributed by atoms with E-state index in [9.17, 15) is 9.18 Å². The van der Waals surface area contributed by atoms with Crippen molar-refractivity contribution in [3.05, 3.63) is 65.7 Å². The molecule has 3 aromatic rings. The van der Waals surface area contributed by atoms with Crippen molar-refractivity contribution in [2.75, 3.05) is 11.9 Å². The van der Waals surface area contributed by atoms with Gasteiger partial charge < -0.3 is 10.1 Å². The number of carbonyl (C=O) groups excluding carboxylic acids is 1. The standard InChI is InChI=1S/C20H18FN5O2/c1-3-10-28-18-9-5-8-17(13-18)22-20(27)19(26-14(2)23-24-25-26)12-15-6-4-7-16(21)11-15/h1,4-9,11,13,19H,10,12H2,2H3,(H,22,27). The van der Waals surface area contributed by atoms with E-state index in [1.807, 2.05) is 0 Å². The Balaban J connectivity index is 1.83. The third kappa shape index (κ3) is 4.71. The predicted molar refractivity (Wildman–Crippen MR) is 101 cm³/mol. The van der Waals surface area contributed by atoms with Gasteiger partial charge in [-0.15, -0.1) is 11.5 Å². The number of aryl methyl sites for hydroxylation is 1. The van der Waals surface area contributed by atoms with Crippen LogP contribution in [-0.4, -0.2) is 32.7 Å². The lowest BCUT2D eigenvalue weighted by Gasteiger charge is -2.18. The molecule has 1 atom stereocenters. The average molecular weight is 379 g/mol. The number of anilines is 1. The Hall–Kier alpha value is -3.73. The Morgan fingerprint density at radius 3 is 2.86 bits per heavy atom. The third-order valence-corrected chi connectivity index (χ3v) is 4.00. The number of carbonyl (C=O) groups is 1. The maximum absolute atomic E-state index is 13.6. The van der Waals surface area contributed by atoms with Gasteiger partial charge in [0.05, 0.1) is 0 Å². The first kappa shape index (κ1) is 19.0. The van der Waals surface area contributed by atoms with Crippen molar-refractivity contribution in [3.63, 3.8) is 0 Å². The van der Waals surface area contributed by atoms with E-state index in [0.29, 0.717) is 22.8 Å². The molecule has 0 bridgehead atoms. The van der Waals surface area contributed by atoms with Crippen LogP contribution >= 0.6 is 0 Å². The summed E-state index contributed by atoms with van der Waals surface area (Å²) in [5.41, 5.74) is 1.19. The van der Waals surface area contributed by atoms with E-state index in [1.54, 1.807) is 43.3 Å².